The summed E-state index contributed by atoms with van der Waals surface area (Å²) in [5.41, 5.74) is 13.4. The molecule has 11 atom stereocenters. The van der Waals surface area contributed by atoms with Crippen LogP contribution in [-0.2, 0) is 32.0 Å². The van der Waals surface area contributed by atoms with Crippen molar-refractivity contribution in [1.82, 2.24) is 66.0 Å². The average molecular weight is 2050 g/mol. The molecule has 2 aromatic heterocycles. The Morgan fingerprint density at radius 1 is 0.545 bits per heavy atom. The zero-order valence-electron chi connectivity index (χ0n) is 87.6. The molecule has 0 radical (unpaired) electrons. The van der Waals surface area contributed by atoms with Gasteiger partial charge in [0.05, 0.1) is 97.3 Å². The van der Waals surface area contributed by atoms with E-state index in [1.807, 2.05) is 115 Å². The largest absolute Gasteiger partial charge is 0.489 e. The molecular formula is C115H149Cl2N15O11S2. The Balaban J connectivity index is 0.000000230. The maximum atomic E-state index is 14.5. The normalized spacial score (nSPS) is 23.5. The van der Waals surface area contributed by atoms with Crippen LogP contribution in [0, 0.1) is 74.9 Å². The van der Waals surface area contributed by atoms with Crippen LogP contribution in [0.1, 0.15) is 240 Å². The van der Waals surface area contributed by atoms with Gasteiger partial charge < -0.3 is 66.1 Å². The van der Waals surface area contributed by atoms with Crippen molar-refractivity contribution in [2.45, 2.75) is 274 Å². The Morgan fingerprint density at radius 2 is 0.986 bits per heavy atom. The van der Waals surface area contributed by atoms with Gasteiger partial charge in [0.1, 0.15) is 47.9 Å². The first-order valence-corrected chi connectivity index (χ1v) is 53.8. The number of benzene rings is 6. The molecule has 145 heavy (non-hydrogen) atoms. The number of nitrogens with one attached hydrogen (secondary N) is 5. The van der Waals surface area contributed by atoms with Crippen LogP contribution >= 0.6 is 45.9 Å². The number of aliphatic hydroxyl groups excluding tert-OH is 3. The van der Waals surface area contributed by atoms with E-state index in [1.54, 1.807) is 68.9 Å². The summed E-state index contributed by atoms with van der Waals surface area (Å²) in [5, 5.41) is 68.0. The van der Waals surface area contributed by atoms with E-state index in [4.69, 9.17) is 32.7 Å². The number of fused-ring (bicyclic) bond motifs is 2. The van der Waals surface area contributed by atoms with Gasteiger partial charge in [-0.1, -0.05) is 218 Å². The summed E-state index contributed by atoms with van der Waals surface area (Å²) >= 11 is 15.8. The molecule has 30 heteroatoms. The van der Waals surface area contributed by atoms with Crippen LogP contribution in [0.3, 0.4) is 0 Å². The van der Waals surface area contributed by atoms with Crippen LogP contribution in [0.2, 0.25) is 10.0 Å². The first-order valence-electron chi connectivity index (χ1n) is 51.3. The highest BCUT2D eigenvalue weighted by atomic mass is 35.5. The van der Waals surface area contributed by atoms with Gasteiger partial charge in [-0.15, -0.1) is 22.7 Å². The molecule has 8 aromatic rings. The molecule has 0 spiro atoms. The molecule has 7 aliphatic rings. The number of hydrogen-bond donors (Lipinski definition) is 8. The second-order valence-electron chi connectivity index (χ2n) is 45.8. The molecule has 26 nitrogen and oxygen atoms in total. The lowest BCUT2D eigenvalue weighted by Crippen LogP contribution is -2.74. The van der Waals surface area contributed by atoms with Gasteiger partial charge in [0, 0.05) is 158 Å². The molecule has 6 aromatic carbocycles. The van der Waals surface area contributed by atoms with Gasteiger partial charge in [-0.05, 0) is 172 Å². The van der Waals surface area contributed by atoms with E-state index in [9.17, 15) is 54.6 Å². The Bertz CT molecular complexity index is 5990. The lowest BCUT2D eigenvalue weighted by molar-refractivity contribution is -0.196. The fourth-order valence-electron chi connectivity index (χ4n) is 23.9. The Kier molecular flexibility index (Phi) is 35.1. The van der Waals surface area contributed by atoms with Crippen molar-refractivity contribution in [2.24, 2.45) is 38.4 Å². The first-order chi connectivity index (χ1) is 68.5. The number of ketones is 1. The van der Waals surface area contributed by atoms with Crippen molar-refractivity contribution in [2.75, 3.05) is 78.6 Å². The van der Waals surface area contributed by atoms with Gasteiger partial charge in [-0.25, -0.2) is 9.97 Å². The topological polar surface area (TPSA) is 335 Å². The number of aliphatic hydroxyl groups is 3. The number of halogens is 2. The van der Waals surface area contributed by atoms with E-state index in [0.29, 0.717) is 94.1 Å². The van der Waals surface area contributed by atoms with Crippen molar-refractivity contribution < 1.29 is 53.6 Å². The van der Waals surface area contributed by atoms with Gasteiger partial charge in [-0.3, -0.25) is 43.5 Å². The molecule has 7 heterocycles. The van der Waals surface area contributed by atoms with E-state index in [-0.39, 0.29) is 144 Å². The van der Waals surface area contributed by atoms with Crippen LogP contribution < -0.4 is 36.1 Å². The smallest absolute Gasteiger partial charge is 0.251 e. The third-order valence-corrected chi connectivity index (χ3v) is 34.2. The third kappa shape index (κ3) is 25.6. The molecule has 2 unspecified atom stereocenters. The number of unbranched alkanes of at least 4 members (excludes halogenated alkanes) is 1. The number of likely N-dealkylation sites (tertiary alicyclic amines) is 3. The second-order valence-corrected chi connectivity index (χ2v) is 48.4. The number of ether oxygens (including phenoxy) is 2. The number of Topliss-reactive ketones (excluding diaryl/α,β-unsaturated/α-hetero) is 1. The molecular weight excluding hydrogens is 1900 g/mol. The number of β-amino-alcohol motifs (C(OH)–C–C–N with tert-alkyl or cyclic N) is 2. The first kappa shape index (κ1) is 110. The van der Waals surface area contributed by atoms with Crippen LogP contribution in [0.25, 0.3) is 20.9 Å². The lowest BCUT2D eigenvalue weighted by Gasteiger charge is -2.63. The minimum atomic E-state index is -0.842. The van der Waals surface area contributed by atoms with E-state index in [1.165, 1.54) is 5.56 Å². The van der Waals surface area contributed by atoms with Crippen molar-refractivity contribution in [3.8, 4) is 44.5 Å². The SMILES string of the molecule is C=C(N[C@@H](C)c1ccc(-c2scnc2C)cc1)[C@@H]1C[C@@H](O)CN1C(=O)[C@@H](NC(=O)CN1C2CCC1CN(CCCCc1ccc(C(=O)NC3C(C)(C)C(Oc4ccc(C#N)c(Cl)c4)C3(C)C)cc1)C2)C(C)(C)C.C=C(N[C@@H](C)c1ccc(-c2scnc2C)cc1)[C@@H]1C[C@@H](O)CN1C(=O)[C@@H](NC(=O)CN1CCN(CCCc2ccc(C(=O)CC3C(C)(C)C(Oc4ccc(C#N)c(Cl)c4)C3(C)C)cc2)[C@@H](CO)C1)C(C)(C)C. The Labute approximate surface area is 875 Å². The summed E-state index contributed by atoms with van der Waals surface area (Å²) in [6.07, 6.45) is 6.16. The number of amides is 5. The lowest BCUT2D eigenvalue weighted by atomic mass is 9.44. The van der Waals surface area contributed by atoms with Crippen molar-refractivity contribution in [1.29, 1.82) is 10.5 Å². The molecule has 15 rings (SSSR count). The molecule has 5 saturated heterocycles. The number of thiazole rings is 2. The maximum Gasteiger partial charge on any atom is 0.251 e. The minimum Gasteiger partial charge on any atom is -0.489 e. The molecule has 776 valence electrons. The second kappa shape index (κ2) is 46.1. The molecule has 8 N–H and O–H groups in total. The summed E-state index contributed by atoms with van der Waals surface area (Å²) in [6.45, 7) is 51.6. The van der Waals surface area contributed by atoms with Gasteiger partial charge >= 0.3 is 0 Å². The summed E-state index contributed by atoms with van der Waals surface area (Å²) in [4.78, 5) is 107. The van der Waals surface area contributed by atoms with Crippen LogP contribution in [0.4, 0.5) is 0 Å². The number of nitrogens with zero attached hydrogens (tertiary/aromatic N) is 10. The number of aromatic nitrogens is 2. The zero-order chi connectivity index (χ0) is 105. The predicted molar refractivity (Wildman–Crippen MR) is 574 cm³/mol. The van der Waals surface area contributed by atoms with Crippen molar-refractivity contribution in [3.05, 3.63) is 235 Å². The highest BCUT2D eigenvalue weighted by Crippen LogP contribution is 2.62. The van der Waals surface area contributed by atoms with Gasteiger partial charge in [0.2, 0.25) is 23.6 Å². The summed E-state index contributed by atoms with van der Waals surface area (Å²) in [7, 11) is 0. The number of piperazine rings is 2. The number of nitriles is 2. The van der Waals surface area contributed by atoms with E-state index in [2.05, 4.69) is 200 Å². The Hall–Kier alpha value is -10.4. The fraction of sp³-hybridized carbons (Fsp3) is 0.530. The maximum absolute atomic E-state index is 14.5. The van der Waals surface area contributed by atoms with E-state index >= 15 is 0 Å². The van der Waals surface area contributed by atoms with Gasteiger partial charge in [0.25, 0.3) is 5.91 Å². The molecule has 5 amide bonds. The predicted octanol–water partition coefficient (Wildman–Crippen LogP) is 17.7. The number of hydrogen-bond acceptors (Lipinski definition) is 23. The van der Waals surface area contributed by atoms with Gasteiger partial charge in [-0.2, -0.15) is 10.5 Å². The van der Waals surface area contributed by atoms with Crippen LogP contribution in [0.15, 0.2) is 169 Å². The fourth-order valence-corrected chi connectivity index (χ4v) is 26.0. The molecule has 2 saturated carbocycles. The number of aryl methyl sites for hydroxylation is 4. The van der Waals surface area contributed by atoms with Crippen LogP contribution in [-0.4, -0.2) is 241 Å². The highest BCUT2D eigenvalue weighted by molar-refractivity contribution is 7.13. The molecule has 2 bridgehead atoms. The van der Waals surface area contributed by atoms with E-state index < -0.39 is 47.2 Å². The molecule has 7 fully saturated rings. The molecule has 5 aliphatic heterocycles. The molecule has 2 aliphatic carbocycles. The van der Waals surface area contributed by atoms with Gasteiger partial charge in [0.15, 0.2) is 5.78 Å². The number of carbonyl (C=O) groups excluding carboxylic acids is 6. The monoisotopic (exact) mass is 2050 g/mol. The van der Waals surface area contributed by atoms with E-state index in [0.717, 1.165) is 120 Å². The summed E-state index contributed by atoms with van der Waals surface area (Å²) in [5.74, 6) is 0.424. The third-order valence-electron chi connectivity index (χ3n) is 31.6. The average Bonchev–Trinajstić information content (AvgIpc) is 1.63. The van der Waals surface area contributed by atoms with Crippen molar-refractivity contribution in [3.63, 3.8) is 0 Å². The van der Waals surface area contributed by atoms with Crippen LogP contribution in [0.5, 0.6) is 11.5 Å². The summed E-state index contributed by atoms with van der Waals surface area (Å²) < 4.78 is 12.8. The minimum absolute atomic E-state index is 0.0453. The number of carbonyl (C=O) groups is 6. The Morgan fingerprint density at radius 3 is 1.41 bits per heavy atom. The standard InChI is InChI=1S/C58H75ClN8O5S.C57H74ClN7O6S/c1-35(39-18-20-40(21-19-39)50-37(3)61-34-73-50)62-36(2)48-27-45(68)32-67(48)53(71)51(56(4,5)6)63-49(69)33-66-43-23-24-44(66)31-65(30-43)26-12-11-13-38-14-16-41(17-15-38)52(70)64-54-57(7,8)55(58(54,9)10)72-46-25-22-42(29-60)47(59)28-46;1-35(39-17-19-41(20-18-39)51-37(3)60-34-72-51)61-36(2)47-26-44(67)31-65(47)53(70)52(55(4,5)6)62-50(69)32-63-24-25-64(43(30-63)33-66)23-11-12-38-13-15-40(16-14-38)48(68)28-49-56(7,8)54(57(49,9)10)71-45-22-21-42(29-59)46(58)27-45/h14-22,25,28,34-35,43-45,48,51,54-55,62,68H,2,11-13,23-24,26-27,30-33H2,1,3-10H3,(H,63,69)(H,64,70);13-22,27,34-35,43-44,47,49,52,54,61,66-67H,2,11-12,23-26,28,30-33H2,1,3-10H3,(H,62,69)/t35-,43?,44?,45+,48-,51+,54?,55?;35-,43+,44+,47-,49?,52+,54?/m00/s1. The summed E-state index contributed by atoms with van der Waals surface area (Å²) in [6, 6.07) is 44.6. The highest BCUT2D eigenvalue weighted by Gasteiger charge is 2.65. The quantitative estimate of drug-likeness (QED) is 0.0132. The zero-order valence-corrected chi connectivity index (χ0v) is 90.8. The number of rotatable bonds is 37. The van der Waals surface area contributed by atoms with Crippen molar-refractivity contribution >= 4 is 81.2 Å².